The Labute approximate surface area is 114 Å². The summed E-state index contributed by atoms with van der Waals surface area (Å²) in [6, 6.07) is 16.7. The van der Waals surface area contributed by atoms with Crippen LogP contribution < -0.4 is 10.9 Å². The van der Waals surface area contributed by atoms with Crippen molar-refractivity contribution >= 4 is 33.9 Å². The number of rotatable bonds is 2. The number of anilines is 2. The molecule has 2 aromatic carbocycles. The molecule has 0 aliphatic heterocycles. The number of hydrogen-bond donors (Lipinski definition) is 2. The van der Waals surface area contributed by atoms with Gasteiger partial charge in [-0.1, -0.05) is 29.8 Å². The van der Waals surface area contributed by atoms with Crippen LogP contribution in [-0.4, -0.2) is 4.98 Å². The lowest BCUT2D eigenvalue weighted by Gasteiger charge is -2.07. The van der Waals surface area contributed by atoms with Crippen molar-refractivity contribution in [3.8, 4) is 0 Å². The molecule has 19 heavy (non-hydrogen) atoms. The van der Waals surface area contributed by atoms with Crippen molar-refractivity contribution in [1.29, 1.82) is 0 Å². The lowest BCUT2D eigenvalue weighted by molar-refractivity contribution is 1.30. The number of H-pyrrole nitrogens is 1. The minimum atomic E-state index is -0.154. The summed E-state index contributed by atoms with van der Waals surface area (Å²) in [6.45, 7) is 0. The van der Waals surface area contributed by atoms with E-state index in [4.69, 9.17) is 11.6 Å². The molecule has 2 N–H and O–H groups in total. The Morgan fingerprint density at radius 3 is 2.58 bits per heavy atom. The normalized spacial score (nSPS) is 10.6. The van der Waals surface area contributed by atoms with Crippen molar-refractivity contribution in [2.24, 2.45) is 0 Å². The molecule has 0 fully saturated rings. The largest absolute Gasteiger partial charge is 0.351 e. The number of para-hydroxylation sites is 1. The van der Waals surface area contributed by atoms with Crippen molar-refractivity contribution in [1.82, 2.24) is 4.98 Å². The molecule has 3 nitrogen and oxygen atoms in total. The van der Waals surface area contributed by atoms with Gasteiger partial charge in [0.15, 0.2) is 0 Å². The lowest BCUT2D eigenvalue weighted by Crippen LogP contribution is -2.11. The van der Waals surface area contributed by atoms with Gasteiger partial charge in [0.25, 0.3) is 5.56 Å². The third-order valence-corrected chi connectivity index (χ3v) is 3.09. The fourth-order valence-corrected chi connectivity index (χ4v) is 2.13. The molecule has 0 saturated heterocycles. The number of benzene rings is 2. The van der Waals surface area contributed by atoms with Gasteiger partial charge in [0.1, 0.15) is 5.69 Å². The third-order valence-electron chi connectivity index (χ3n) is 2.86. The summed E-state index contributed by atoms with van der Waals surface area (Å²) in [5, 5.41) is 4.63. The zero-order valence-corrected chi connectivity index (χ0v) is 10.7. The second-order valence-corrected chi connectivity index (χ2v) is 4.67. The molecular formula is C15H11ClN2O. The Bertz CT molecular complexity index is 781. The molecule has 0 radical (unpaired) electrons. The topological polar surface area (TPSA) is 44.9 Å². The van der Waals surface area contributed by atoms with E-state index in [-0.39, 0.29) is 5.56 Å². The molecule has 3 rings (SSSR count). The monoisotopic (exact) mass is 270 g/mol. The van der Waals surface area contributed by atoms with Gasteiger partial charge < -0.3 is 10.3 Å². The first-order valence-corrected chi connectivity index (χ1v) is 6.25. The van der Waals surface area contributed by atoms with Gasteiger partial charge in [0.2, 0.25) is 0 Å². The highest BCUT2D eigenvalue weighted by Gasteiger charge is 2.03. The van der Waals surface area contributed by atoms with E-state index >= 15 is 0 Å². The number of pyridine rings is 1. The number of fused-ring (bicyclic) bond motifs is 1. The highest BCUT2D eigenvalue weighted by atomic mass is 35.5. The Morgan fingerprint density at radius 2 is 1.79 bits per heavy atom. The Morgan fingerprint density at radius 1 is 1.00 bits per heavy atom. The van der Waals surface area contributed by atoms with E-state index in [1.165, 1.54) is 0 Å². The van der Waals surface area contributed by atoms with Gasteiger partial charge in [0.05, 0.1) is 0 Å². The highest BCUT2D eigenvalue weighted by molar-refractivity contribution is 6.31. The average molecular weight is 271 g/mol. The molecule has 0 atom stereocenters. The Kier molecular flexibility index (Phi) is 2.97. The zero-order chi connectivity index (χ0) is 13.2. The van der Waals surface area contributed by atoms with Gasteiger partial charge in [-0.15, -0.1) is 0 Å². The van der Waals surface area contributed by atoms with Crippen LogP contribution in [0.2, 0.25) is 5.02 Å². The molecule has 1 aromatic heterocycles. The van der Waals surface area contributed by atoms with Crippen LogP contribution in [0.25, 0.3) is 10.9 Å². The first kappa shape index (κ1) is 11.8. The minimum Gasteiger partial charge on any atom is -0.351 e. The molecule has 3 aromatic rings. The summed E-state index contributed by atoms with van der Waals surface area (Å²) >= 11 is 5.96. The van der Waals surface area contributed by atoms with Gasteiger partial charge in [0, 0.05) is 21.6 Å². The van der Waals surface area contributed by atoms with Crippen molar-refractivity contribution in [3.63, 3.8) is 0 Å². The first-order valence-electron chi connectivity index (χ1n) is 5.87. The van der Waals surface area contributed by atoms with E-state index in [0.29, 0.717) is 10.7 Å². The summed E-state index contributed by atoms with van der Waals surface area (Å²) in [5.41, 5.74) is 1.99. The van der Waals surface area contributed by atoms with E-state index < -0.39 is 0 Å². The zero-order valence-electron chi connectivity index (χ0n) is 9.98. The smallest absolute Gasteiger partial charge is 0.272 e. The molecule has 0 spiro atoms. The van der Waals surface area contributed by atoms with Gasteiger partial charge in [-0.25, -0.2) is 0 Å². The standard InChI is InChI=1S/C15H11ClN2O/c16-11-6-7-13-10(8-11)9-14(15(19)18-13)17-12-4-2-1-3-5-12/h1-9,17H,(H,18,19). The predicted octanol–water partition coefficient (Wildman–Crippen LogP) is 3.93. The Balaban J connectivity index is 2.08. The minimum absolute atomic E-state index is 0.154. The number of halogens is 1. The highest BCUT2D eigenvalue weighted by Crippen LogP contribution is 2.20. The second kappa shape index (κ2) is 4.78. The third kappa shape index (κ3) is 2.46. The fourth-order valence-electron chi connectivity index (χ4n) is 1.95. The predicted molar refractivity (Wildman–Crippen MR) is 79.3 cm³/mol. The van der Waals surface area contributed by atoms with Crippen LogP contribution in [0.5, 0.6) is 0 Å². The van der Waals surface area contributed by atoms with Gasteiger partial charge >= 0.3 is 0 Å². The molecule has 0 aliphatic carbocycles. The van der Waals surface area contributed by atoms with Crippen LogP contribution in [0.15, 0.2) is 59.4 Å². The number of nitrogens with one attached hydrogen (secondary N) is 2. The number of hydrogen-bond acceptors (Lipinski definition) is 2. The van der Waals surface area contributed by atoms with E-state index in [9.17, 15) is 4.79 Å². The summed E-state index contributed by atoms with van der Waals surface area (Å²) in [4.78, 5) is 14.8. The fraction of sp³-hybridized carbons (Fsp3) is 0. The second-order valence-electron chi connectivity index (χ2n) is 4.23. The van der Waals surface area contributed by atoms with Crippen molar-refractivity contribution < 1.29 is 0 Å². The molecule has 0 unspecified atom stereocenters. The molecule has 0 aliphatic rings. The molecule has 1 heterocycles. The number of aromatic amines is 1. The molecule has 0 saturated carbocycles. The summed E-state index contributed by atoms with van der Waals surface area (Å²) in [5.74, 6) is 0. The van der Waals surface area contributed by atoms with Gasteiger partial charge in [-0.2, -0.15) is 0 Å². The van der Waals surface area contributed by atoms with E-state index in [0.717, 1.165) is 16.6 Å². The van der Waals surface area contributed by atoms with Crippen molar-refractivity contribution in [2.45, 2.75) is 0 Å². The molecule has 0 bridgehead atoms. The summed E-state index contributed by atoms with van der Waals surface area (Å²) < 4.78 is 0. The molecule has 4 heteroatoms. The van der Waals surface area contributed by atoms with Gasteiger partial charge in [-0.05, 0) is 36.4 Å². The van der Waals surface area contributed by atoms with Crippen LogP contribution in [0.3, 0.4) is 0 Å². The maximum Gasteiger partial charge on any atom is 0.272 e. The van der Waals surface area contributed by atoms with Crippen LogP contribution >= 0.6 is 11.6 Å². The molecular weight excluding hydrogens is 260 g/mol. The first-order chi connectivity index (χ1) is 9.22. The van der Waals surface area contributed by atoms with E-state index in [1.54, 1.807) is 18.2 Å². The maximum atomic E-state index is 12.0. The molecule has 94 valence electrons. The van der Waals surface area contributed by atoms with Crippen LogP contribution in [0, 0.1) is 0 Å². The maximum absolute atomic E-state index is 12.0. The summed E-state index contributed by atoms with van der Waals surface area (Å²) in [6.07, 6.45) is 0. The van der Waals surface area contributed by atoms with Crippen LogP contribution in [0.4, 0.5) is 11.4 Å². The van der Waals surface area contributed by atoms with Crippen LogP contribution in [-0.2, 0) is 0 Å². The van der Waals surface area contributed by atoms with Crippen molar-refractivity contribution in [3.05, 3.63) is 70.0 Å². The SMILES string of the molecule is O=c1[nH]c2ccc(Cl)cc2cc1Nc1ccccc1. The van der Waals surface area contributed by atoms with E-state index in [1.807, 2.05) is 36.4 Å². The van der Waals surface area contributed by atoms with Crippen molar-refractivity contribution in [2.75, 3.05) is 5.32 Å². The average Bonchev–Trinajstić information content (AvgIpc) is 2.41. The lowest BCUT2D eigenvalue weighted by atomic mass is 10.2. The summed E-state index contributed by atoms with van der Waals surface area (Å²) in [7, 11) is 0. The van der Waals surface area contributed by atoms with E-state index in [2.05, 4.69) is 10.3 Å². The quantitative estimate of drug-likeness (QED) is 0.741. The Hall–Kier alpha value is -2.26. The number of aromatic nitrogens is 1. The van der Waals surface area contributed by atoms with Gasteiger partial charge in [-0.3, -0.25) is 4.79 Å². The molecule has 0 amide bonds. The van der Waals surface area contributed by atoms with Crippen LogP contribution in [0.1, 0.15) is 0 Å².